The number of nitrogens with zero attached hydrogens (tertiary/aromatic N) is 4. The Balaban J connectivity index is 1.87. The van der Waals surface area contributed by atoms with Gasteiger partial charge in [0.2, 0.25) is 11.9 Å². The predicted octanol–water partition coefficient (Wildman–Crippen LogP) is 1.98. The average Bonchev–Trinajstić information content (AvgIpc) is 2.65. The number of rotatable bonds is 4. The molecule has 1 aliphatic rings. The third kappa shape index (κ3) is 4.36. The van der Waals surface area contributed by atoms with Crippen LogP contribution in [0.25, 0.3) is 0 Å². The van der Waals surface area contributed by atoms with Crippen LogP contribution < -0.4 is 15.9 Å². The molecule has 0 atom stereocenters. The predicted molar refractivity (Wildman–Crippen MR) is 102 cm³/mol. The standard InChI is InChI=1S/C19H22F3N5O2/c1-12(28)26-9-8-16-15(11-26)17(29)27(25(2)3)18(24-16)23-10-13-4-6-14(7-5-13)19(20,21)22/h4-7H,8-11H2,1-3H3,(H,23,24). The number of carbonyl (C=O) groups is 1. The highest BCUT2D eigenvalue weighted by Gasteiger charge is 2.30. The number of hydrogen-bond donors (Lipinski definition) is 1. The molecule has 0 fully saturated rings. The molecule has 0 aliphatic carbocycles. The zero-order valence-electron chi connectivity index (χ0n) is 16.4. The lowest BCUT2D eigenvalue weighted by atomic mass is 10.1. The Morgan fingerprint density at radius 2 is 1.90 bits per heavy atom. The number of carbonyl (C=O) groups excluding carboxylic acids is 1. The lowest BCUT2D eigenvalue weighted by Crippen LogP contribution is -2.45. The van der Waals surface area contributed by atoms with Gasteiger partial charge in [-0.15, -0.1) is 0 Å². The van der Waals surface area contributed by atoms with Gasteiger partial charge in [-0.25, -0.2) is 4.98 Å². The molecule has 7 nitrogen and oxygen atoms in total. The van der Waals surface area contributed by atoms with Crippen molar-refractivity contribution in [2.24, 2.45) is 0 Å². The maximum Gasteiger partial charge on any atom is 0.416 e. The summed E-state index contributed by atoms with van der Waals surface area (Å²) in [6.45, 7) is 2.36. The number of fused-ring (bicyclic) bond motifs is 1. The molecule has 0 saturated carbocycles. The van der Waals surface area contributed by atoms with Crippen molar-refractivity contribution in [1.82, 2.24) is 14.6 Å². The van der Waals surface area contributed by atoms with Crippen molar-refractivity contribution in [3.63, 3.8) is 0 Å². The van der Waals surface area contributed by atoms with E-state index in [1.54, 1.807) is 24.0 Å². The van der Waals surface area contributed by atoms with Gasteiger partial charge >= 0.3 is 6.18 Å². The van der Waals surface area contributed by atoms with E-state index in [-0.39, 0.29) is 24.6 Å². The SMILES string of the molecule is CC(=O)N1CCc2nc(NCc3ccc(C(F)(F)F)cc3)n(N(C)C)c(=O)c2C1. The number of alkyl halides is 3. The highest BCUT2D eigenvalue weighted by molar-refractivity contribution is 5.73. The minimum absolute atomic E-state index is 0.101. The molecule has 0 radical (unpaired) electrons. The van der Waals surface area contributed by atoms with Gasteiger partial charge < -0.3 is 15.2 Å². The summed E-state index contributed by atoms with van der Waals surface area (Å²) < 4.78 is 39.5. The molecule has 156 valence electrons. The Morgan fingerprint density at radius 3 is 2.45 bits per heavy atom. The number of anilines is 1. The summed E-state index contributed by atoms with van der Waals surface area (Å²) in [4.78, 5) is 30.8. The topological polar surface area (TPSA) is 70.5 Å². The zero-order chi connectivity index (χ0) is 21.3. The third-order valence-corrected chi connectivity index (χ3v) is 4.79. The summed E-state index contributed by atoms with van der Waals surface area (Å²) in [5.74, 6) is 0.200. The molecular weight excluding hydrogens is 387 g/mol. The van der Waals surface area contributed by atoms with E-state index >= 15 is 0 Å². The first-order valence-electron chi connectivity index (χ1n) is 9.06. The number of amides is 1. The maximum atomic E-state index is 13.0. The van der Waals surface area contributed by atoms with E-state index in [0.29, 0.717) is 35.7 Å². The van der Waals surface area contributed by atoms with Crippen molar-refractivity contribution >= 4 is 11.9 Å². The second-order valence-electron chi connectivity index (χ2n) is 7.06. The van der Waals surface area contributed by atoms with Gasteiger partial charge in [-0.2, -0.15) is 17.8 Å². The van der Waals surface area contributed by atoms with E-state index in [4.69, 9.17) is 0 Å². The first-order valence-corrected chi connectivity index (χ1v) is 9.06. The largest absolute Gasteiger partial charge is 0.416 e. The Bertz CT molecular complexity index is 968. The minimum Gasteiger partial charge on any atom is -0.350 e. The molecule has 3 rings (SSSR count). The lowest BCUT2D eigenvalue weighted by molar-refractivity contribution is -0.137. The summed E-state index contributed by atoms with van der Waals surface area (Å²) in [6, 6.07) is 4.81. The van der Waals surface area contributed by atoms with E-state index < -0.39 is 11.7 Å². The second-order valence-corrected chi connectivity index (χ2v) is 7.06. The van der Waals surface area contributed by atoms with Crippen molar-refractivity contribution in [1.29, 1.82) is 0 Å². The van der Waals surface area contributed by atoms with Crippen molar-refractivity contribution in [2.45, 2.75) is 32.6 Å². The Morgan fingerprint density at radius 1 is 1.24 bits per heavy atom. The highest BCUT2D eigenvalue weighted by atomic mass is 19.4. The average molecular weight is 409 g/mol. The Labute approximate surface area is 165 Å². The molecule has 1 N–H and O–H groups in total. The van der Waals surface area contributed by atoms with Crippen LogP contribution in [0, 0.1) is 0 Å². The van der Waals surface area contributed by atoms with Crippen LogP contribution in [0.5, 0.6) is 0 Å². The van der Waals surface area contributed by atoms with Gasteiger partial charge in [-0.1, -0.05) is 12.1 Å². The summed E-state index contributed by atoms with van der Waals surface area (Å²) in [5, 5.41) is 4.61. The van der Waals surface area contributed by atoms with Gasteiger partial charge in [-0.05, 0) is 17.7 Å². The third-order valence-electron chi connectivity index (χ3n) is 4.79. The first-order chi connectivity index (χ1) is 13.6. The number of hydrogen-bond acceptors (Lipinski definition) is 5. The maximum absolute atomic E-state index is 13.0. The summed E-state index contributed by atoms with van der Waals surface area (Å²) in [7, 11) is 3.37. The highest BCUT2D eigenvalue weighted by Crippen LogP contribution is 2.29. The lowest BCUT2D eigenvalue weighted by Gasteiger charge is -2.29. The number of nitrogens with one attached hydrogen (secondary N) is 1. The van der Waals surface area contributed by atoms with Gasteiger partial charge in [0.1, 0.15) is 0 Å². The Hall–Kier alpha value is -3.04. The van der Waals surface area contributed by atoms with Crippen molar-refractivity contribution in [3.8, 4) is 0 Å². The van der Waals surface area contributed by atoms with E-state index in [2.05, 4.69) is 10.3 Å². The molecule has 29 heavy (non-hydrogen) atoms. The zero-order valence-corrected chi connectivity index (χ0v) is 16.4. The summed E-state index contributed by atoms with van der Waals surface area (Å²) >= 11 is 0. The normalized spacial score (nSPS) is 13.8. The van der Waals surface area contributed by atoms with Gasteiger partial charge in [0.05, 0.1) is 23.4 Å². The first kappa shape index (κ1) is 20.7. The van der Waals surface area contributed by atoms with Crippen LogP contribution in [0.15, 0.2) is 29.1 Å². The molecule has 1 aliphatic heterocycles. The molecule has 2 aromatic rings. The molecule has 1 aromatic heterocycles. The van der Waals surface area contributed by atoms with Crippen LogP contribution in [-0.2, 0) is 30.5 Å². The van der Waals surface area contributed by atoms with E-state index in [9.17, 15) is 22.8 Å². The minimum atomic E-state index is -4.38. The molecule has 0 spiro atoms. The molecule has 1 aromatic carbocycles. The molecule has 0 unspecified atom stereocenters. The molecular formula is C19H22F3N5O2. The second kappa shape index (κ2) is 7.76. The van der Waals surface area contributed by atoms with Crippen LogP contribution in [0.2, 0.25) is 0 Å². The van der Waals surface area contributed by atoms with E-state index in [1.165, 1.54) is 23.7 Å². The van der Waals surface area contributed by atoms with Crippen LogP contribution in [0.1, 0.15) is 29.3 Å². The van der Waals surface area contributed by atoms with E-state index in [0.717, 1.165) is 12.1 Å². The van der Waals surface area contributed by atoms with Crippen LogP contribution in [0.4, 0.5) is 19.1 Å². The molecule has 2 heterocycles. The van der Waals surface area contributed by atoms with Gasteiger partial charge in [0.25, 0.3) is 5.56 Å². The number of halogens is 3. The number of aromatic nitrogens is 2. The van der Waals surface area contributed by atoms with Crippen molar-refractivity contribution in [2.75, 3.05) is 31.0 Å². The molecule has 0 saturated heterocycles. The van der Waals surface area contributed by atoms with Crippen LogP contribution in [-0.4, -0.2) is 41.1 Å². The van der Waals surface area contributed by atoms with Crippen molar-refractivity contribution < 1.29 is 18.0 Å². The van der Waals surface area contributed by atoms with Crippen LogP contribution in [0.3, 0.4) is 0 Å². The summed E-state index contributed by atoms with van der Waals surface area (Å²) in [6.07, 6.45) is -3.92. The number of benzene rings is 1. The molecule has 1 amide bonds. The monoisotopic (exact) mass is 409 g/mol. The fourth-order valence-corrected chi connectivity index (χ4v) is 3.21. The quantitative estimate of drug-likeness (QED) is 0.836. The van der Waals surface area contributed by atoms with Gasteiger partial charge in [-0.3, -0.25) is 9.59 Å². The van der Waals surface area contributed by atoms with Crippen molar-refractivity contribution in [3.05, 3.63) is 57.0 Å². The molecule has 10 heteroatoms. The Kier molecular flexibility index (Phi) is 5.54. The summed E-state index contributed by atoms with van der Waals surface area (Å²) in [5.41, 5.74) is 0.730. The van der Waals surface area contributed by atoms with Gasteiger partial charge in [0, 0.05) is 40.5 Å². The van der Waals surface area contributed by atoms with Crippen LogP contribution >= 0.6 is 0 Å². The molecule has 0 bridgehead atoms. The fourth-order valence-electron chi connectivity index (χ4n) is 3.21. The van der Waals surface area contributed by atoms with E-state index in [1.807, 2.05) is 0 Å². The smallest absolute Gasteiger partial charge is 0.350 e. The fraction of sp³-hybridized carbons (Fsp3) is 0.421. The van der Waals surface area contributed by atoms with Gasteiger partial charge in [0.15, 0.2) is 0 Å².